The molecule has 1 amide bonds. The molecule has 0 N–H and O–H groups in total. The maximum absolute atomic E-state index is 12.2. The summed E-state index contributed by atoms with van der Waals surface area (Å²) in [6.45, 7) is 14.4. The van der Waals surface area contributed by atoms with Gasteiger partial charge < -0.3 is 19.1 Å². The number of likely N-dealkylation sites (tertiary alicyclic amines) is 1. The van der Waals surface area contributed by atoms with Gasteiger partial charge in [-0.15, -0.1) is 0 Å². The molecule has 1 saturated heterocycles. The van der Waals surface area contributed by atoms with Crippen molar-refractivity contribution in [3.63, 3.8) is 0 Å². The molecule has 1 aliphatic heterocycles. The van der Waals surface area contributed by atoms with Gasteiger partial charge in [-0.2, -0.15) is 0 Å². The van der Waals surface area contributed by atoms with E-state index < -0.39 is 0 Å². The van der Waals surface area contributed by atoms with Gasteiger partial charge in [0.15, 0.2) is 0 Å². The Bertz CT molecular complexity index is 338. The third-order valence-electron chi connectivity index (χ3n) is 5.20. The molecule has 1 rings (SSSR count). The standard InChI is InChI=1S/C19H37NO4/c1-5-11-22-13-15-24-16-14-23-12-6-18(21)20-9-7-19(4,8-10-20)17(2)3/h17H,5-16H2,1-4H3. The van der Waals surface area contributed by atoms with Crippen molar-refractivity contribution in [2.75, 3.05) is 52.7 Å². The summed E-state index contributed by atoms with van der Waals surface area (Å²) in [4.78, 5) is 14.2. The number of amides is 1. The highest BCUT2D eigenvalue weighted by atomic mass is 16.5. The average molecular weight is 344 g/mol. The molecule has 0 atom stereocenters. The molecule has 24 heavy (non-hydrogen) atoms. The average Bonchev–Trinajstić information content (AvgIpc) is 2.57. The number of ether oxygens (including phenoxy) is 3. The van der Waals surface area contributed by atoms with E-state index in [-0.39, 0.29) is 5.91 Å². The SMILES string of the molecule is CCCOCCOCCOCCC(=O)N1CCC(C)(C(C)C)CC1. The van der Waals surface area contributed by atoms with Crippen LogP contribution in [0.4, 0.5) is 0 Å². The predicted octanol–water partition coefficient (Wildman–Crippen LogP) is 3.12. The molecule has 0 radical (unpaired) electrons. The van der Waals surface area contributed by atoms with Crippen molar-refractivity contribution in [1.29, 1.82) is 0 Å². The van der Waals surface area contributed by atoms with Crippen LogP contribution in [0, 0.1) is 11.3 Å². The normalized spacial score (nSPS) is 17.5. The molecule has 0 bridgehead atoms. The minimum atomic E-state index is 0.217. The first-order chi connectivity index (χ1) is 11.5. The third-order valence-corrected chi connectivity index (χ3v) is 5.20. The van der Waals surface area contributed by atoms with Crippen molar-refractivity contribution in [1.82, 2.24) is 4.90 Å². The highest BCUT2D eigenvalue weighted by Gasteiger charge is 2.33. The quantitative estimate of drug-likeness (QED) is 0.511. The molecule has 0 unspecified atom stereocenters. The zero-order valence-electron chi connectivity index (χ0n) is 16.1. The topological polar surface area (TPSA) is 48.0 Å². The maximum Gasteiger partial charge on any atom is 0.224 e. The summed E-state index contributed by atoms with van der Waals surface area (Å²) in [5.74, 6) is 0.889. The van der Waals surface area contributed by atoms with E-state index >= 15 is 0 Å². The number of carbonyl (C=O) groups excluding carboxylic acids is 1. The molecule has 5 nitrogen and oxygen atoms in total. The van der Waals surface area contributed by atoms with Crippen molar-refractivity contribution in [3.05, 3.63) is 0 Å². The van der Waals surface area contributed by atoms with Gasteiger partial charge >= 0.3 is 0 Å². The Morgan fingerprint density at radius 1 is 0.958 bits per heavy atom. The van der Waals surface area contributed by atoms with Gasteiger partial charge in [0, 0.05) is 19.7 Å². The Kier molecular flexibility index (Phi) is 10.5. The van der Waals surface area contributed by atoms with Crippen molar-refractivity contribution < 1.29 is 19.0 Å². The van der Waals surface area contributed by atoms with Crippen LogP contribution >= 0.6 is 0 Å². The molecule has 142 valence electrons. The Hall–Kier alpha value is -0.650. The van der Waals surface area contributed by atoms with Crippen molar-refractivity contribution in [3.8, 4) is 0 Å². The van der Waals surface area contributed by atoms with E-state index in [9.17, 15) is 4.79 Å². The summed E-state index contributed by atoms with van der Waals surface area (Å²) in [6, 6.07) is 0. The minimum Gasteiger partial charge on any atom is -0.379 e. The second kappa shape index (κ2) is 11.8. The largest absolute Gasteiger partial charge is 0.379 e. The van der Waals surface area contributed by atoms with Crippen LogP contribution < -0.4 is 0 Å². The fraction of sp³-hybridized carbons (Fsp3) is 0.947. The van der Waals surface area contributed by atoms with Gasteiger partial charge in [0.1, 0.15) is 0 Å². The van der Waals surface area contributed by atoms with Crippen LogP contribution in [-0.4, -0.2) is 63.5 Å². The van der Waals surface area contributed by atoms with Crippen molar-refractivity contribution >= 4 is 5.91 Å². The molecule has 1 heterocycles. The maximum atomic E-state index is 12.2. The van der Waals surface area contributed by atoms with Gasteiger partial charge in [0.25, 0.3) is 0 Å². The van der Waals surface area contributed by atoms with Crippen LogP contribution in [0.3, 0.4) is 0 Å². The van der Waals surface area contributed by atoms with Gasteiger partial charge in [-0.05, 0) is 30.6 Å². The lowest BCUT2D eigenvalue weighted by molar-refractivity contribution is -0.135. The number of hydrogen-bond donors (Lipinski definition) is 0. The molecule has 0 aromatic rings. The van der Waals surface area contributed by atoms with E-state index in [0.29, 0.717) is 50.8 Å². The Labute approximate surface area is 148 Å². The van der Waals surface area contributed by atoms with Crippen LogP contribution in [0.15, 0.2) is 0 Å². The molecule has 0 aromatic heterocycles. The monoisotopic (exact) mass is 343 g/mol. The fourth-order valence-electron chi connectivity index (χ4n) is 2.85. The molecule has 0 spiro atoms. The predicted molar refractivity (Wildman–Crippen MR) is 96.1 cm³/mol. The first kappa shape index (κ1) is 21.4. The van der Waals surface area contributed by atoms with Gasteiger partial charge in [-0.3, -0.25) is 4.79 Å². The van der Waals surface area contributed by atoms with Crippen molar-refractivity contribution in [2.24, 2.45) is 11.3 Å². The lowest BCUT2D eigenvalue weighted by atomic mass is 9.72. The van der Waals surface area contributed by atoms with Crippen LogP contribution in [-0.2, 0) is 19.0 Å². The zero-order valence-corrected chi connectivity index (χ0v) is 16.1. The first-order valence-electron chi connectivity index (χ1n) is 9.50. The number of piperidine rings is 1. The van der Waals surface area contributed by atoms with Gasteiger partial charge in [0.2, 0.25) is 5.91 Å². The van der Waals surface area contributed by atoms with Gasteiger partial charge in [0.05, 0.1) is 39.5 Å². The molecule has 1 fully saturated rings. The van der Waals surface area contributed by atoms with Crippen LogP contribution in [0.2, 0.25) is 0 Å². The van der Waals surface area contributed by atoms with E-state index in [1.54, 1.807) is 0 Å². The lowest BCUT2D eigenvalue weighted by Crippen LogP contribution is -2.44. The molecular formula is C19H37NO4. The Morgan fingerprint density at radius 3 is 1.96 bits per heavy atom. The van der Waals surface area contributed by atoms with E-state index in [2.05, 4.69) is 27.7 Å². The summed E-state index contributed by atoms with van der Waals surface area (Å²) in [5, 5.41) is 0. The summed E-state index contributed by atoms with van der Waals surface area (Å²) < 4.78 is 16.2. The molecule has 5 heteroatoms. The summed E-state index contributed by atoms with van der Waals surface area (Å²) in [6.07, 6.45) is 3.71. The highest BCUT2D eigenvalue weighted by Crippen LogP contribution is 2.38. The molecule has 0 saturated carbocycles. The van der Waals surface area contributed by atoms with E-state index in [0.717, 1.165) is 39.0 Å². The first-order valence-corrected chi connectivity index (χ1v) is 9.50. The van der Waals surface area contributed by atoms with Crippen molar-refractivity contribution in [2.45, 2.75) is 53.4 Å². The highest BCUT2D eigenvalue weighted by molar-refractivity contribution is 5.76. The second-order valence-electron chi connectivity index (χ2n) is 7.28. The van der Waals surface area contributed by atoms with Crippen LogP contribution in [0.5, 0.6) is 0 Å². The van der Waals surface area contributed by atoms with E-state index in [1.807, 2.05) is 4.90 Å². The smallest absolute Gasteiger partial charge is 0.224 e. The van der Waals surface area contributed by atoms with Crippen LogP contribution in [0.25, 0.3) is 0 Å². The number of hydrogen-bond acceptors (Lipinski definition) is 4. The zero-order chi connectivity index (χ0) is 17.8. The summed E-state index contributed by atoms with van der Waals surface area (Å²) >= 11 is 0. The summed E-state index contributed by atoms with van der Waals surface area (Å²) in [5.41, 5.74) is 0.380. The third kappa shape index (κ3) is 7.95. The summed E-state index contributed by atoms with van der Waals surface area (Å²) in [7, 11) is 0. The van der Waals surface area contributed by atoms with E-state index in [4.69, 9.17) is 14.2 Å². The Morgan fingerprint density at radius 2 is 1.46 bits per heavy atom. The molecule has 0 aliphatic carbocycles. The van der Waals surface area contributed by atoms with Gasteiger partial charge in [-0.1, -0.05) is 27.7 Å². The number of nitrogens with zero attached hydrogens (tertiary/aromatic N) is 1. The molecular weight excluding hydrogens is 306 g/mol. The minimum absolute atomic E-state index is 0.217. The number of carbonyl (C=O) groups is 1. The second-order valence-corrected chi connectivity index (χ2v) is 7.28. The molecule has 1 aliphatic rings. The lowest BCUT2D eigenvalue weighted by Gasteiger charge is -2.42. The van der Waals surface area contributed by atoms with E-state index in [1.165, 1.54) is 0 Å². The fourth-order valence-corrected chi connectivity index (χ4v) is 2.85. The van der Waals surface area contributed by atoms with Crippen LogP contribution in [0.1, 0.15) is 53.4 Å². The van der Waals surface area contributed by atoms with Gasteiger partial charge in [-0.25, -0.2) is 0 Å². The Balaban J connectivity index is 1.99. The number of rotatable bonds is 12. The molecule has 0 aromatic carbocycles.